The van der Waals surface area contributed by atoms with Crippen molar-refractivity contribution in [3.63, 3.8) is 0 Å². The van der Waals surface area contributed by atoms with Crippen LogP contribution in [0.1, 0.15) is 15.9 Å². The highest BCUT2D eigenvalue weighted by Crippen LogP contribution is 2.36. The molecular formula is C25H15Br2ClN2O6. The SMILES string of the molecule is COc1cccc(N2C(=O)NC(=O)/C(=C/c3cc(Br)cc(Br)c3OC(=O)c3ccc(Cl)cc3)C2=O)c1. The fourth-order valence-corrected chi connectivity index (χ4v) is 4.79. The summed E-state index contributed by atoms with van der Waals surface area (Å²) in [6.45, 7) is 0. The largest absolute Gasteiger partial charge is 0.497 e. The van der Waals surface area contributed by atoms with E-state index in [0.717, 1.165) is 4.90 Å². The minimum atomic E-state index is -0.903. The van der Waals surface area contributed by atoms with Crippen molar-refractivity contribution < 1.29 is 28.7 Å². The van der Waals surface area contributed by atoms with Gasteiger partial charge < -0.3 is 9.47 Å². The Morgan fingerprint density at radius 2 is 1.75 bits per heavy atom. The maximum absolute atomic E-state index is 13.3. The van der Waals surface area contributed by atoms with E-state index in [1.807, 2.05) is 0 Å². The third-order valence-electron chi connectivity index (χ3n) is 5.02. The van der Waals surface area contributed by atoms with E-state index in [0.29, 0.717) is 19.7 Å². The maximum atomic E-state index is 13.3. The first-order chi connectivity index (χ1) is 17.2. The standard InChI is InChI=1S/C25H15Br2ClN2O6/c1-35-18-4-2-3-17(12-18)30-23(32)19(22(31)29-25(30)34)10-14-9-15(26)11-20(27)21(14)36-24(33)13-5-7-16(28)8-6-13/h2-12H,1H3,(H,29,31,34)/b19-10-. The lowest BCUT2D eigenvalue weighted by atomic mass is 10.1. The second-order valence-corrected chi connectivity index (χ2v) is 9.57. The molecule has 4 amide bonds. The summed E-state index contributed by atoms with van der Waals surface area (Å²) >= 11 is 12.6. The third-order valence-corrected chi connectivity index (χ3v) is 6.32. The molecule has 0 saturated carbocycles. The van der Waals surface area contributed by atoms with Crippen LogP contribution < -0.4 is 19.7 Å². The van der Waals surface area contributed by atoms with Crippen molar-refractivity contribution in [3.05, 3.63) is 91.3 Å². The molecule has 11 heteroatoms. The first-order valence-corrected chi connectivity index (χ1v) is 12.2. The first kappa shape index (κ1) is 25.6. The molecule has 182 valence electrons. The Kier molecular flexibility index (Phi) is 7.58. The molecule has 1 fully saturated rings. The topological polar surface area (TPSA) is 102 Å². The number of imide groups is 2. The van der Waals surface area contributed by atoms with Gasteiger partial charge in [-0.05, 0) is 70.5 Å². The number of esters is 1. The Hall–Kier alpha value is -3.47. The van der Waals surface area contributed by atoms with Gasteiger partial charge in [0.25, 0.3) is 11.8 Å². The highest BCUT2D eigenvalue weighted by atomic mass is 79.9. The molecule has 0 radical (unpaired) electrons. The summed E-state index contributed by atoms with van der Waals surface area (Å²) in [6.07, 6.45) is 1.25. The van der Waals surface area contributed by atoms with Crippen molar-refractivity contribution in [1.82, 2.24) is 5.32 Å². The van der Waals surface area contributed by atoms with E-state index in [-0.39, 0.29) is 28.1 Å². The van der Waals surface area contributed by atoms with E-state index in [9.17, 15) is 19.2 Å². The Balaban J connectivity index is 1.75. The number of anilines is 1. The number of hydrogen-bond acceptors (Lipinski definition) is 6. The zero-order chi connectivity index (χ0) is 26.0. The number of urea groups is 1. The number of methoxy groups -OCH3 is 1. The Morgan fingerprint density at radius 1 is 1.03 bits per heavy atom. The van der Waals surface area contributed by atoms with E-state index < -0.39 is 23.8 Å². The number of carbonyl (C=O) groups excluding carboxylic acids is 4. The molecule has 1 saturated heterocycles. The van der Waals surface area contributed by atoms with Crippen molar-refractivity contribution in [2.45, 2.75) is 0 Å². The lowest BCUT2D eigenvalue weighted by Crippen LogP contribution is -2.54. The van der Waals surface area contributed by atoms with Crippen LogP contribution in [0.15, 0.2) is 75.2 Å². The third kappa shape index (κ3) is 5.35. The molecular weight excluding hydrogens is 620 g/mol. The van der Waals surface area contributed by atoms with Gasteiger partial charge in [-0.3, -0.25) is 14.9 Å². The predicted octanol–water partition coefficient (Wildman–Crippen LogP) is 5.76. The van der Waals surface area contributed by atoms with Gasteiger partial charge in [-0.2, -0.15) is 0 Å². The fourth-order valence-electron chi connectivity index (χ4n) is 3.33. The highest BCUT2D eigenvalue weighted by Gasteiger charge is 2.37. The number of nitrogens with one attached hydrogen (secondary N) is 1. The molecule has 0 spiro atoms. The summed E-state index contributed by atoms with van der Waals surface area (Å²) < 4.78 is 11.7. The molecule has 0 aromatic heterocycles. The van der Waals surface area contributed by atoms with Crippen molar-refractivity contribution in [2.75, 3.05) is 12.0 Å². The van der Waals surface area contributed by atoms with Crippen LogP contribution in [0.4, 0.5) is 10.5 Å². The van der Waals surface area contributed by atoms with Crippen LogP contribution in [-0.2, 0) is 9.59 Å². The molecule has 0 atom stereocenters. The monoisotopic (exact) mass is 632 g/mol. The van der Waals surface area contributed by atoms with Crippen LogP contribution in [-0.4, -0.2) is 30.9 Å². The zero-order valence-corrected chi connectivity index (χ0v) is 22.3. The van der Waals surface area contributed by atoms with E-state index in [2.05, 4.69) is 37.2 Å². The Morgan fingerprint density at radius 3 is 2.44 bits per heavy atom. The number of carbonyl (C=O) groups is 4. The van der Waals surface area contributed by atoms with Gasteiger partial charge in [0, 0.05) is 21.1 Å². The van der Waals surface area contributed by atoms with Gasteiger partial charge in [0.1, 0.15) is 11.3 Å². The first-order valence-electron chi connectivity index (χ1n) is 10.2. The molecule has 1 aliphatic heterocycles. The van der Waals surface area contributed by atoms with Crippen LogP contribution in [0.2, 0.25) is 5.02 Å². The molecule has 1 heterocycles. The molecule has 0 bridgehead atoms. The number of halogens is 3. The smallest absolute Gasteiger partial charge is 0.343 e. The number of barbiturate groups is 1. The summed E-state index contributed by atoms with van der Waals surface area (Å²) in [7, 11) is 1.45. The van der Waals surface area contributed by atoms with Gasteiger partial charge in [0.2, 0.25) is 0 Å². The number of hydrogen-bond donors (Lipinski definition) is 1. The van der Waals surface area contributed by atoms with Gasteiger partial charge in [0.15, 0.2) is 5.75 Å². The maximum Gasteiger partial charge on any atom is 0.343 e. The van der Waals surface area contributed by atoms with Crippen molar-refractivity contribution in [2.24, 2.45) is 0 Å². The summed E-state index contributed by atoms with van der Waals surface area (Å²) in [5.74, 6) is -1.95. The summed E-state index contributed by atoms with van der Waals surface area (Å²) in [5.41, 5.74) is 0.345. The molecule has 8 nitrogen and oxygen atoms in total. The summed E-state index contributed by atoms with van der Waals surface area (Å²) in [6, 6.07) is 14.7. The zero-order valence-electron chi connectivity index (χ0n) is 18.4. The molecule has 3 aromatic rings. The van der Waals surface area contributed by atoms with Crippen LogP contribution in [0, 0.1) is 0 Å². The van der Waals surface area contributed by atoms with Crippen LogP contribution in [0.3, 0.4) is 0 Å². The molecule has 1 N–H and O–H groups in total. The summed E-state index contributed by atoms with van der Waals surface area (Å²) in [4.78, 5) is 52.1. The lowest BCUT2D eigenvalue weighted by molar-refractivity contribution is -0.122. The Labute approximate surface area is 227 Å². The molecule has 0 unspecified atom stereocenters. The minimum Gasteiger partial charge on any atom is -0.497 e. The van der Waals surface area contributed by atoms with E-state index in [1.165, 1.54) is 37.5 Å². The average molecular weight is 635 g/mol. The highest BCUT2D eigenvalue weighted by molar-refractivity contribution is 9.11. The number of benzene rings is 3. The fraction of sp³-hybridized carbons (Fsp3) is 0.0400. The van der Waals surface area contributed by atoms with E-state index in [4.69, 9.17) is 21.1 Å². The van der Waals surface area contributed by atoms with E-state index >= 15 is 0 Å². The lowest BCUT2D eigenvalue weighted by Gasteiger charge is -2.26. The number of rotatable bonds is 5. The predicted molar refractivity (Wildman–Crippen MR) is 140 cm³/mol. The number of amides is 4. The second-order valence-electron chi connectivity index (χ2n) is 7.36. The molecule has 0 aliphatic carbocycles. The molecule has 4 rings (SSSR count). The minimum absolute atomic E-state index is 0.0658. The normalized spacial score (nSPS) is 14.6. The van der Waals surface area contributed by atoms with Crippen LogP contribution in [0.5, 0.6) is 11.5 Å². The van der Waals surface area contributed by atoms with Gasteiger partial charge in [-0.25, -0.2) is 14.5 Å². The van der Waals surface area contributed by atoms with Gasteiger partial charge in [-0.15, -0.1) is 0 Å². The average Bonchev–Trinajstić information content (AvgIpc) is 2.84. The molecule has 36 heavy (non-hydrogen) atoms. The number of ether oxygens (including phenoxy) is 2. The van der Waals surface area contributed by atoms with Gasteiger partial charge >= 0.3 is 12.0 Å². The van der Waals surface area contributed by atoms with Crippen molar-refractivity contribution in [1.29, 1.82) is 0 Å². The van der Waals surface area contributed by atoms with Gasteiger partial charge in [-0.1, -0.05) is 33.6 Å². The van der Waals surface area contributed by atoms with E-state index in [1.54, 1.807) is 36.4 Å². The quantitative estimate of drug-likeness (QED) is 0.166. The van der Waals surface area contributed by atoms with Crippen LogP contribution in [0.25, 0.3) is 6.08 Å². The Bertz CT molecular complexity index is 1440. The van der Waals surface area contributed by atoms with Crippen molar-refractivity contribution >= 4 is 79.0 Å². The van der Waals surface area contributed by atoms with Crippen LogP contribution >= 0.6 is 43.5 Å². The molecule has 1 aliphatic rings. The summed E-state index contributed by atoms with van der Waals surface area (Å²) in [5, 5.41) is 2.62. The molecule has 3 aromatic carbocycles. The van der Waals surface area contributed by atoms with Crippen molar-refractivity contribution in [3.8, 4) is 11.5 Å². The van der Waals surface area contributed by atoms with Gasteiger partial charge in [0.05, 0.1) is 22.8 Å². The second kappa shape index (κ2) is 10.7. The number of nitrogens with zero attached hydrogens (tertiary/aromatic N) is 1.